The lowest BCUT2D eigenvalue weighted by molar-refractivity contribution is 0.0636. The van der Waals surface area contributed by atoms with Crippen LogP contribution < -0.4 is 10.6 Å². The molecule has 0 saturated carbocycles. The number of rotatable bonds is 4. The van der Waals surface area contributed by atoms with E-state index in [2.05, 4.69) is 15.6 Å². The summed E-state index contributed by atoms with van der Waals surface area (Å²) < 4.78 is 5.21. The zero-order valence-corrected chi connectivity index (χ0v) is 14.1. The van der Waals surface area contributed by atoms with Crippen LogP contribution in [0.5, 0.6) is 0 Å². The fourth-order valence-electron chi connectivity index (χ4n) is 1.77. The molecule has 1 aromatic carbocycles. The lowest BCUT2D eigenvalue weighted by Gasteiger charge is -2.19. The zero-order valence-electron chi connectivity index (χ0n) is 13.3. The number of nitrogens with one attached hydrogen (secondary N) is 2. The first-order chi connectivity index (χ1) is 10.3. The molecule has 0 aliphatic heterocycles. The van der Waals surface area contributed by atoms with Gasteiger partial charge in [-0.2, -0.15) is 0 Å². The highest BCUT2D eigenvalue weighted by atomic mass is 32.1. The van der Waals surface area contributed by atoms with Crippen LogP contribution in [0.4, 0.5) is 16.2 Å². The molecule has 0 spiro atoms. The summed E-state index contributed by atoms with van der Waals surface area (Å²) in [6, 6.07) is 7.52. The molecule has 2 rings (SSSR count). The van der Waals surface area contributed by atoms with Gasteiger partial charge in [0.05, 0.1) is 17.7 Å². The van der Waals surface area contributed by atoms with Gasteiger partial charge in [0.2, 0.25) is 0 Å². The Morgan fingerprint density at radius 3 is 2.41 bits per heavy atom. The maximum absolute atomic E-state index is 11.7. The predicted molar refractivity (Wildman–Crippen MR) is 90.5 cm³/mol. The van der Waals surface area contributed by atoms with Crippen molar-refractivity contribution in [2.75, 3.05) is 10.6 Å². The van der Waals surface area contributed by atoms with Gasteiger partial charge < -0.3 is 10.1 Å². The summed E-state index contributed by atoms with van der Waals surface area (Å²) in [5.41, 5.74) is 4.09. The van der Waals surface area contributed by atoms with Crippen LogP contribution in [0.3, 0.4) is 0 Å². The van der Waals surface area contributed by atoms with E-state index in [9.17, 15) is 4.79 Å². The fraction of sp³-hybridized carbons (Fsp3) is 0.375. The highest BCUT2D eigenvalue weighted by molar-refractivity contribution is 7.09. The van der Waals surface area contributed by atoms with Gasteiger partial charge in [-0.15, -0.1) is 11.3 Å². The van der Waals surface area contributed by atoms with Gasteiger partial charge in [0, 0.05) is 16.3 Å². The molecule has 2 N–H and O–H groups in total. The molecule has 118 valence electrons. The number of carbonyl (C=O) groups excluding carboxylic acids is 1. The molecule has 1 aromatic heterocycles. The van der Waals surface area contributed by atoms with Crippen LogP contribution in [0.25, 0.3) is 0 Å². The van der Waals surface area contributed by atoms with Gasteiger partial charge in [0.1, 0.15) is 5.60 Å². The van der Waals surface area contributed by atoms with Crippen molar-refractivity contribution in [3.8, 4) is 0 Å². The van der Waals surface area contributed by atoms with Crippen LogP contribution in [0.15, 0.2) is 29.8 Å². The summed E-state index contributed by atoms with van der Waals surface area (Å²) in [6.45, 7) is 8.25. The Kier molecular flexibility index (Phi) is 5.03. The summed E-state index contributed by atoms with van der Waals surface area (Å²) in [5.74, 6) is 0. The van der Waals surface area contributed by atoms with E-state index in [0.717, 1.165) is 17.9 Å². The third kappa shape index (κ3) is 5.04. The summed E-state index contributed by atoms with van der Waals surface area (Å²) in [4.78, 5) is 17.1. The minimum absolute atomic E-state index is 0.450. The van der Waals surface area contributed by atoms with Gasteiger partial charge in [-0.05, 0) is 52.0 Å². The van der Waals surface area contributed by atoms with Crippen molar-refractivity contribution in [3.63, 3.8) is 0 Å². The second kappa shape index (κ2) is 6.79. The maximum atomic E-state index is 11.7. The van der Waals surface area contributed by atoms with Gasteiger partial charge in [-0.1, -0.05) is 0 Å². The highest BCUT2D eigenvalue weighted by Crippen LogP contribution is 2.18. The summed E-state index contributed by atoms with van der Waals surface area (Å²) in [6.07, 6.45) is -0.450. The summed E-state index contributed by atoms with van der Waals surface area (Å²) in [5, 5.41) is 6.04. The lowest BCUT2D eigenvalue weighted by Crippen LogP contribution is -2.27. The Labute approximate surface area is 134 Å². The van der Waals surface area contributed by atoms with E-state index in [0.29, 0.717) is 5.69 Å². The van der Waals surface area contributed by atoms with E-state index in [1.807, 2.05) is 57.5 Å². The van der Waals surface area contributed by atoms with Crippen LogP contribution in [0, 0.1) is 6.92 Å². The van der Waals surface area contributed by atoms with E-state index < -0.39 is 11.7 Å². The van der Waals surface area contributed by atoms with E-state index in [4.69, 9.17) is 4.74 Å². The van der Waals surface area contributed by atoms with Crippen LogP contribution >= 0.6 is 11.3 Å². The first-order valence-corrected chi connectivity index (χ1v) is 7.94. The van der Waals surface area contributed by atoms with Crippen molar-refractivity contribution in [2.24, 2.45) is 0 Å². The van der Waals surface area contributed by atoms with E-state index in [1.165, 1.54) is 4.88 Å². The van der Waals surface area contributed by atoms with Crippen LogP contribution in [0.1, 0.15) is 31.3 Å². The molecule has 0 unspecified atom stereocenters. The number of thiazole rings is 1. The van der Waals surface area contributed by atoms with Gasteiger partial charge in [-0.3, -0.25) is 5.32 Å². The third-order valence-electron chi connectivity index (χ3n) is 2.83. The molecule has 0 aliphatic carbocycles. The Morgan fingerprint density at radius 2 is 1.86 bits per heavy atom. The van der Waals surface area contributed by atoms with Crippen LogP contribution in [-0.2, 0) is 11.3 Å². The largest absolute Gasteiger partial charge is 0.444 e. The zero-order chi connectivity index (χ0) is 16.2. The Balaban J connectivity index is 1.87. The molecule has 0 bridgehead atoms. The van der Waals surface area contributed by atoms with Crippen molar-refractivity contribution >= 4 is 28.8 Å². The van der Waals surface area contributed by atoms with Crippen LogP contribution in [-0.4, -0.2) is 16.7 Å². The summed E-state index contributed by atoms with van der Waals surface area (Å²) >= 11 is 1.64. The molecule has 22 heavy (non-hydrogen) atoms. The molecule has 0 saturated heterocycles. The average Bonchev–Trinajstić information content (AvgIpc) is 2.81. The van der Waals surface area contributed by atoms with Crippen LogP contribution in [0.2, 0.25) is 0 Å². The molecule has 2 aromatic rings. The molecule has 0 atom stereocenters. The van der Waals surface area contributed by atoms with E-state index >= 15 is 0 Å². The minimum atomic E-state index is -0.502. The monoisotopic (exact) mass is 319 g/mol. The first-order valence-electron chi connectivity index (χ1n) is 7.06. The normalized spacial score (nSPS) is 11.1. The molecule has 6 heteroatoms. The van der Waals surface area contributed by atoms with E-state index in [-0.39, 0.29) is 0 Å². The maximum Gasteiger partial charge on any atom is 0.412 e. The number of hydrogen-bond acceptors (Lipinski definition) is 5. The number of aryl methyl sites for hydroxylation is 1. The van der Waals surface area contributed by atoms with Gasteiger partial charge in [-0.25, -0.2) is 9.78 Å². The number of carbonyl (C=O) groups is 1. The second-order valence-electron chi connectivity index (χ2n) is 5.92. The van der Waals surface area contributed by atoms with Gasteiger partial charge in [0.15, 0.2) is 0 Å². The average molecular weight is 319 g/mol. The standard InChI is InChI=1S/C16H21N3O2S/c1-11-14(22-10-18-11)9-17-12-5-7-13(8-6-12)19-15(20)21-16(2,3)4/h5-8,10,17H,9H2,1-4H3,(H,19,20). The SMILES string of the molecule is Cc1ncsc1CNc1ccc(NC(=O)OC(C)(C)C)cc1. The quantitative estimate of drug-likeness (QED) is 0.876. The number of ether oxygens (including phenoxy) is 1. The Hall–Kier alpha value is -2.08. The third-order valence-corrected chi connectivity index (χ3v) is 3.76. The number of anilines is 2. The van der Waals surface area contributed by atoms with Crippen molar-refractivity contribution in [3.05, 3.63) is 40.3 Å². The molecule has 0 fully saturated rings. The number of amides is 1. The Bertz CT molecular complexity index is 630. The fourth-order valence-corrected chi connectivity index (χ4v) is 2.49. The number of benzene rings is 1. The molecule has 5 nitrogen and oxygen atoms in total. The van der Waals surface area contributed by atoms with Crippen molar-refractivity contribution in [1.82, 2.24) is 4.98 Å². The number of aromatic nitrogens is 1. The number of nitrogens with zero attached hydrogens (tertiary/aromatic N) is 1. The highest BCUT2D eigenvalue weighted by Gasteiger charge is 2.16. The van der Waals surface area contributed by atoms with Crippen molar-refractivity contribution < 1.29 is 9.53 Å². The second-order valence-corrected chi connectivity index (χ2v) is 6.86. The summed E-state index contributed by atoms with van der Waals surface area (Å²) in [7, 11) is 0. The topological polar surface area (TPSA) is 63.2 Å². The van der Waals surface area contributed by atoms with Gasteiger partial charge in [0.25, 0.3) is 0 Å². The predicted octanol–water partition coefficient (Wildman–Crippen LogP) is 4.41. The molecule has 1 amide bonds. The molecule has 1 heterocycles. The minimum Gasteiger partial charge on any atom is -0.444 e. The Morgan fingerprint density at radius 1 is 1.23 bits per heavy atom. The van der Waals surface area contributed by atoms with Crippen molar-refractivity contribution in [1.29, 1.82) is 0 Å². The number of hydrogen-bond donors (Lipinski definition) is 2. The van der Waals surface area contributed by atoms with Gasteiger partial charge >= 0.3 is 6.09 Å². The van der Waals surface area contributed by atoms with E-state index in [1.54, 1.807) is 11.3 Å². The molecular weight excluding hydrogens is 298 g/mol. The molecule has 0 aliphatic rings. The molecule has 0 radical (unpaired) electrons. The first kappa shape index (κ1) is 16.3. The lowest BCUT2D eigenvalue weighted by atomic mass is 10.2. The van der Waals surface area contributed by atoms with Crippen molar-refractivity contribution in [2.45, 2.75) is 39.8 Å². The smallest absolute Gasteiger partial charge is 0.412 e. The molecular formula is C16H21N3O2S.